The van der Waals surface area contributed by atoms with Gasteiger partial charge in [-0.15, -0.1) is 0 Å². The van der Waals surface area contributed by atoms with E-state index >= 15 is 0 Å². The van der Waals surface area contributed by atoms with Crippen LogP contribution in [-0.2, 0) is 11.4 Å². The third-order valence-corrected chi connectivity index (χ3v) is 3.01. The zero-order valence-electron chi connectivity index (χ0n) is 12.1. The first-order chi connectivity index (χ1) is 10.6. The van der Waals surface area contributed by atoms with Gasteiger partial charge in [0, 0.05) is 18.6 Å². The Balaban J connectivity index is 2.25. The van der Waals surface area contributed by atoms with Gasteiger partial charge in [0.1, 0.15) is 12.4 Å². The Bertz CT molecular complexity index is 692. The van der Waals surface area contributed by atoms with Crippen LogP contribution in [0.4, 0.5) is 0 Å². The number of carbonyl (C=O) groups is 1. The van der Waals surface area contributed by atoms with E-state index in [1.165, 1.54) is 13.0 Å². The molecule has 0 N–H and O–H groups in total. The van der Waals surface area contributed by atoms with Gasteiger partial charge < -0.3 is 4.74 Å². The van der Waals surface area contributed by atoms with Crippen molar-refractivity contribution in [2.45, 2.75) is 13.5 Å². The number of allylic oxidation sites excluding steroid dienone is 1. The summed E-state index contributed by atoms with van der Waals surface area (Å²) in [6, 6.07) is 16.5. The summed E-state index contributed by atoms with van der Waals surface area (Å²) in [7, 11) is 0. The van der Waals surface area contributed by atoms with Crippen LogP contribution in [0.25, 0.3) is 6.08 Å². The lowest BCUT2D eigenvalue weighted by molar-refractivity contribution is -0.417. The number of hydrogen-bond donors (Lipinski definition) is 0. The molecule has 0 amide bonds. The van der Waals surface area contributed by atoms with Crippen molar-refractivity contribution in [3.05, 3.63) is 81.5 Å². The number of carbonyl (C=O) groups excluding carboxylic acids is 1. The lowest BCUT2D eigenvalue weighted by Gasteiger charge is -2.09. The maximum absolute atomic E-state index is 11.3. The molecule has 2 aromatic carbocycles. The Kier molecular flexibility index (Phi) is 5.03. The van der Waals surface area contributed by atoms with Gasteiger partial charge in [0.05, 0.1) is 4.92 Å². The molecule has 0 radical (unpaired) electrons. The SMILES string of the molecule is CC(=O)/C(=C/c1ccccc1OCc1ccccc1)[N+](=O)[O-]. The number of nitro groups is 1. The molecule has 5 heteroatoms. The minimum atomic E-state index is -0.684. The molecule has 5 nitrogen and oxygen atoms in total. The summed E-state index contributed by atoms with van der Waals surface area (Å²) >= 11 is 0. The van der Waals surface area contributed by atoms with Crippen LogP contribution in [0.5, 0.6) is 5.75 Å². The van der Waals surface area contributed by atoms with Gasteiger partial charge in [-0.05, 0) is 11.6 Å². The molecule has 0 aromatic heterocycles. The van der Waals surface area contributed by atoms with E-state index in [9.17, 15) is 14.9 Å². The fourth-order valence-corrected chi connectivity index (χ4v) is 1.90. The van der Waals surface area contributed by atoms with Crippen molar-refractivity contribution in [3.8, 4) is 5.75 Å². The van der Waals surface area contributed by atoms with Gasteiger partial charge in [0.2, 0.25) is 5.78 Å². The van der Waals surface area contributed by atoms with Gasteiger partial charge in [-0.2, -0.15) is 0 Å². The number of Topliss-reactive ketones (excluding diaryl/α,β-unsaturated/α-hetero) is 1. The number of ketones is 1. The first-order valence-electron chi connectivity index (χ1n) is 6.70. The number of ether oxygens (including phenoxy) is 1. The van der Waals surface area contributed by atoms with E-state index < -0.39 is 16.4 Å². The van der Waals surface area contributed by atoms with Crippen LogP contribution in [0.15, 0.2) is 60.3 Å². The van der Waals surface area contributed by atoms with Crippen molar-refractivity contribution < 1.29 is 14.5 Å². The first kappa shape index (κ1) is 15.4. The molecule has 0 bridgehead atoms. The quantitative estimate of drug-likeness (QED) is 0.465. The summed E-state index contributed by atoms with van der Waals surface area (Å²) in [5, 5.41) is 10.9. The van der Waals surface area contributed by atoms with Crippen LogP contribution < -0.4 is 4.74 Å². The summed E-state index contributed by atoms with van der Waals surface area (Å²) in [6.07, 6.45) is 1.24. The second-order valence-electron chi connectivity index (χ2n) is 4.65. The molecule has 0 spiro atoms. The highest BCUT2D eigenvalue weighted by molar-refractivity contribution is 5.95. The van der Waals surface area contributed by atoms with Crippen LogP contribution in [0, 0.1) is 10.1 Å². The van der Waals surface area contributed by atoms with E-state index in [0.717, 1.165) is 5.56 Å². The standard InChI is InChI=1S/C17H15NO4/c1-13(19)16(18(20)21)11-15-9-5-6-10-17(15)22-12-14-7-3-2-4-8-14/h2-11H,12H2,1H3/b16-11-. The monoisotopic (exact) mass is 297 g/mol. The van der Waals surface area contributed by atoms with Gasteiger partial charge in [-0.1, -0.05) is 48.5 Å². The van der Waals surface area contributed by atoms with Gasteiger partial charge >= 0.3 is 5.70 Å². The highest BCUT2D eigenvalue weighted by Crippen LogP contribution is 2.22. The minimum absolute atomic E-state index is 0.347. The molecule has 2 aromatic rings. The molecule has 0 aliphatic carbocycles. The lowest BCUT2D eigenvalue weighted by Crippen LogP contribution is -2.07. The smallest absolute Gasteiger partial charge is 0.312 e. The summed E-state index contributed by atoms with van der Waals surface area (Å²) in [6.45, 7) is 1.52. The van der Waals surface area contributed by atoms with Gasteiger partial charge in [0.15, 0.2) is 0 Å². The molecule has 0 heterocycles. The molecular formula is C17H15NO4. The normalized spacial score (nSPS) is 11.0. The molecule has 0 saturated heterocycles. The van der Waals surface area contributed by atoms with Crippen LogP contribution in [0.1, 0.15) is 18.1 Å². The molecule has 2 rings (SSSR count). The highest BCUT2D eigenvalue weighted by Gasteiger charge is 2.17. The predicted octanol–water partition coefficient (Wildman–Crippen LogP) is 3.47. The average Bonchev–Trinajstić information content (AvgIpc) is 2.52. The average molecular weight is 297 g/mol. The van der Waals surface area contributed by atoms with Crippen molar-refractivity contribution in [3.63, 3.8) is 0 Å². The zero-order chi connectivity index (χ0) is 15.9. The van der Waals surface area contributed by atoms with Gasteiger partial charge in [-0.3, -0.25) is 14.9 Å². The van der Waals surface area contributed by atoms with E-state index in [1.807, 2.05) is 30.3 Å². The molecule has 0 unspecified atom stereocenters. The van der Waals surface area contributed by atoms with E-state index in [1.54, 1.807) is 24.3 Å². The Morgan fingerprint density at radius 3 is 2.41 bits per heavy atom. The number of rotatable bonds is 6. The minimum Gasteiger partial charge on any atom is -0.488 e. The fourth-order valence-electron chi connectivity index (χ4n) is 1.90. The third kappa shape index (κ3) is 4.02. The molecule has 22 heavy (non-hydrogen) atoms. The molecule has 0 aliphatic rings. The summed E-state index contributed by atoms with van der Waals surface area (Å²) in [4.78, 5) is 21.6. The first-order valence-corrected chi connectivity index (χ1v) is 6.70. The van der Waals surface area contributed by atoms with E-state index in [2.05, 4.69) is 0 Å². The number of hydrogen-bond acceptors (Lipinski definition) is 4. The van der Waals surface area contributed by atoms with Crippen molar-refractivity contribution in [2.24, 2.45) is 0 Å². The Morgan fingerprint density at radius 1 is 1.14 bits per heavy atom. The van der Waals surface area contributed by atoms with Crippen LogP contribution >= 0.6 is 0 Å². The molecule has 0 saturated carbocycles. The van der Waals surface area contributed by atoms with Crippen LogP contribution in [-0.4, -0.2) is 10.7 Å². The number of benzene rings is 2. The Labute approximate surface area is 128 Å². The lowest BCUT2D eigenvalue weighted by atomic mass is 10.1. The fraction of sp³-hybridized carbons (Fsp3) is 0.118. The second kappa shape index (κ2) is 7.17. The van der Waals surface area contributed by atoms with Crippen molar-refractivity contribution in [2.75, 3.05) is 0 Å². The Hall–Kier alpha value is -2.95. The summed E-state index contributed by atoms with van der Waals surface area (Å²) < 4.78 is 5.71. The van der Waals surface area contributed by atoms with E-state index in [-0.39, 0.29) is 0 Å². The molecule has 0 aliphatic heterocycles. The molecule has 0 atom stereocenters. The van der Waals surface area contributed by atoms with Crippen molar-refractivity contribution >= 4 is 11.9 Å². The largest absolute Gasteiger partial charge is 0.488 e. The predicted molar refractivity (Wildman–Crippen MR) is 82.9 cm³/mol. The third-order valence-electron chi connectivity index (χ3n) is 3.01. The topological polar surface area (TPSA) is 69.4 Å². The van der Waals surface area contributed by atoms with Gasteiger partial charge in [0.25, 0.3) is 0 Å². The Morgan fingerprint density at radius 2 is 1.77 bits per heavy atom. The second-order valence-corrected chi connectivity index (χ2v) is 4.65. The molecule has 0 fully saturated rings. The summed E-state index contributed by atoms with van der Waals surface area (Å²) in [5.41, 5.74) is 1.03. The highest BCUT2D eigenvalue weighted by atomic mass is 16.6. The van der Waals surface area contributed by atoms with E-state index in [0.29, 0.717) is 17.9 Å². The number of nitrogens with zero attached hydrogens (tertiary/aromatic N) is 1. The maximum Gasteiger partial charge on any atom is 0.312 e. The van der Waals surface area contributed by atoms with Crippen LogP contribution in [0.3, 0.4) is 0 Å². The van der Waals surface area contributed by atoms with E-state index in [4.69, 9.17) is 4.74 Å². The van der Waals surface area contributed by atoms with Crippen molar-refractivity contribution in [1.29, 1.82) is 0 Å². The maximum atomic E-state index is 11.3. The molecular weight excluding hydrogens is 282 g/mol. The van der Waals surface area contributed by atoms with Crippen LogP contribution in [0.2, 0.25) is 0 Å². The zero-order valence-corrected chi connectivity index (χ0v) is 12.1. The summed E-state index contributed by atoms with van der Waals surface area (Å²) in [5.74, 6) is -0.102. The van der Waals surface area contributed by atoms with Gasteiger partial charge in [-0.25, -0.2) is 0 Å². The molecule has 112 valence electrons. The number of para-hydroxylation sites is 1. The van der Waals surface area contributed by atoms with Crippen molar-refractivity contribution in [1.82, 2.24) is 0 Å².